The van der Waals surface area contributed by atoms with Crippen molar-refractivity contribution in [1.82, 2.24) is 0 Å². The molecule has 0 bridgehead atoms. The molecule has 0 spiro atoms. The monoisotopic (exact) mass is 712 g/mol. The van der Waals surface area contributed by atoms with Gasteiger partial charge in [-0.1, -0.05) is 0 Å². The molecule has 0 atom stereocenters. The zero-order chi connectivity index (χ0) is 13.5. The van der Waals surface area contributed by atoms with E-state index in [1.807, 2.05) is 0 Å². The number of rotatable bonds is 0. The molecular formula is H8O12Pb2S3. The fraction of sp³-hybridized carbons (Fsp3) is 0. The topological polar surface area (TPSA) is 241 Å². The van der Waals surface area contributed by atoms with Crippen molar-refractivity contribution in [1.29, 1.82) is 0 Å². The Kier molecular flexibility index (Phi) is 22.8. The van der Waals surface area contributed by atoms with Crippen molar-refractivity contribution < 1.29 is 52.6 Å². The molecule has 0 aromatic rings. The van der Waals surface area contributed by atoms with Crippen molar-refractivity contribution in [2.75, 3.05) is 0 Å². The summed E-state index contributed by atoms with van der Waals surface area (Å²) in [5.74, 6) is 0. The zero-order valence-corrected chi connectivity index (χ0v) is 8.57. The zero-order valence-electron chi connectivity index (χ0n) is 6.12. The van der Waals surface area contributed by atoms with Crippen molar-refractivity contribution in [3.8, 4) is 0 Å². The van der Waals surface area contributed by atoms with Gasteiger partial charge in [-0.15, -0.1) is 0 Å². The van der Waals surface area contributed by atoms with Crippen LogP contribution in [0.3, 0.4) is 0 Å². The maximum absolute atomic E-state index is 8.52. The van der Waals surface area contributed by atoms with E-state index in [-0.39, 0.29) is 54.6 Å². The molecule has 0 aliphatic rings. The first-order chi connectivity index (χ1) is 6.00. The van der Waals surface area contributed by atoms with Crippen LogP contribution in [0.25, 0.3) is 0 Å². The number of hydrogen-bond acceptors (Lipinski definition) is 12. The molecule has 106 valence electrons. The van der Waals surface area contributed by atoms with E-state index in [1.165, 1.54) is 0 Å². The second-order valence-corrected chi connectivity index (χ2v) is 3.67. The van der Waals surface area contributed by atoms with E-state index in [0.717, 1.165) is 0 Å². The fourth-order valence-corrected chi connectivity index (χ4v) is 0. The molecule has 0 N–H and O–H groups in total. The van der Waals surface area contributed by atoms with Gasteiger partial charge in [-0.25, -0.2) is 0 Å². The Hall–Kier alpha value is 1.45. The van der Waals surface area contributed by atoms with Crippen molar-refractivity contribution in [3.63, 3.8) is 0 Å². The van der Waals surface area contributed by atoms with Gasteiger partial charge >= 0.3 is 54.6 Å². The summed E-state index contributed by atoms with van der Waals surface area (Å²) in [4.78, 5) is 0. The van der Waals surface area contributed by atoms with E-state index in [1.54, 1.807) is 0 Å². The molecule has 17 heavy (non-hydrogen) atoms. The molecule has 0 aromatic heterocycles. The molecule has 0 aromatic carbocycles. The molecule has 0 saturated heterocycles. The molecule has 12 nitrogen and oxygen atoms in total. The van der Waals surface area contributed by atoms with Gasteiger partial charge in [-0.3, -0.25) is 25.3 Å². The van der Waals surface area contributed by atoms with Crippen LogP contribution in [-0.4, -0.2) is 107 Å². The van der Waals surface area contributed by atoms with Gasteiger partial charge in [0.25, 0.3) is 0 Å². The van der Waals surface area contributed by atoms with Gasteiger partial charge in [0.1, 0.15) is 0 Å². The Morgan fingerprint density at radius 2 is 0.412 bits per heavy atom. The predicted molar refractivity (Wildman–Crippen MR) is 54.1 cm³/mol. The van der Waals surface area contributed by atoms with E-state index in [2.05, 4.69) is 0 Å². The van der Waals surface area contributed by atoms with E-state index < -0.39 is 31.2 Å². The van der Waals surface area contributed by atoms with Gasteiger partial charge in [0.15, 0.2) is 0 Å². The van der Waals surface area contributed by atoms with Gasteiger partial charge in [-0.05, 0) is 0 Å². The van der Waals surface area contributed by atoms with Gasteiger partial charge in [0.05, 0.1) is 0 Å². The van der Waals surface area contributed by atoms with Crippen molar-refractivity contribution >= 4 is 85.8 Å². The normalized spacial score (nSPS) is 10.2. The van der Waals surface area contributed by atoms with Crippen LogP contribution in [-0.2, 0) is 31.2 Å². The van der Waals surface area contributed by atoms with Crippen LogP contribution in [0.2, 0.25) is 0 Å². The Morgan fingerprint density at radius 3 is 0.412 bits per heavy atom. The maximum atomic E-state index is 8.52. The Balaban J connectivity index is -0.0000000400. The fourth-order valence-electron chi connectivity index (χ4n) is 0. The summed E-state index contributed by atoms with van der Waals surface area (Å²) in [5, 5.41) is 0. The van der Waals surface area contributed by atoms with Gasteiger partial charge in [0.2, 0.25) is 0 Å². The van der Waals surface area contributed by atoms with Gasteiger partial charge < -0.3 is 27.3 Å². The standard InChI is InChI=1S/3H2O4S.2Pb.8H/c3*1-5(2,3)4;;;;;;;;;;/h3*(H2,1,2,3,4);;;;;;;;;;/q;;;2*+3;;;;;;;;/p-6. The van der Waals surface area contributed by atoms with Gasteiger partial charge in [0, 0.05) is 31.2 Å². The first kappa shape index (κ1) is 31.1. The molecule has 0 aliphatic heterocycles. The van der Waals surface area contributed by atoms with Crippen LogP contribution in [0, 0.1) is 0 Å². The van der Waals surface area contributed by atoms with Crippen molar-refractivity contribution in [3.05, 3.63) is 0 Å². The molecule has 17 heteroatoms. The average Bonchev–Trinajstić information content (AvgIpc) is 1.41. The molecule has 0 fully saturated rings. The quantitative estimate of drug-likeness (QED) is 0.129. The molecule has 0 saturated carbocycles. The van der Waals surface area contributed by atoms with Crippen LogP contribution < -0.4 is 0 Å². The molecule has 6 radical (unpaired) electrons. The van der Waals surface area contributed by atoms with E-state index in [0.29, 0.717) is 0 Å². The summed E-state index contributed by atoms with van der Waals surface area (Å²) in [6.07, 6.45) is 0. The van der Waals surface area contributed by atoms with Crippen LogP contribution in [0.1, 0.15) is 0 Å². The van der Waals surface area contributed by atoms with Crippen LogP contribution >= 0.6 is 0 Å². The van der Waals surface area contributed by atoms with Crippen LogP contribution in [0.4, 0.5) is 0 Å². The summed E-state index contributed by atoms with van der Waals surface area (Å²) >= 11 is 0. The predicted octanol–water partition coefficient (Wildman–Crippen LogP) is -6.92. The summed E-state index contributed by atoms with van der Waals surface area (Å²) < 4.78 is 102. The summed E-state index contributed by atoms with van der Waals surface area (Å²) in [6.45, 7) is 0. The van der Waals surface area contributed by atoms with Crippen LogP contribution in [0.5, 0.6) is 0 Å². The van der Waals surface area contributed by atoms with E-state index in [9.17, 15) is 0 Å². The Labute approximate surface area is 137 Å². The van der Waals surface area contributed by atoms with Crippen molar-refractivity contribution in [2.45, 2.75) is 0 Å². The Bertz CT molecular complexity index is 341. The van der Waals surface area contributed by atoms with E-state index >= 15 is 0 Å². The second-order valence-electron chi connectivity index (χ2n) is 1.22. The second kappa shape index (κ2) is 12.5. The summed E-state index contributed by atoms with van der Waals surface area (Å²) in [5.41, 5.74) is 0. The van der Waals surface area contributed by atoms with Crippen molar-refractivity contribution in [2.24, 2.45) is 0 Å². The first-order valence-electron chi connectivity index (χ1n) is 2.00. The third-order valence-electron chi connectivity index (χ3n) is 0. The minimum atomic E-state index is -5.17. The first-order valence-corrected chi connectivity index (χ1v) is 6.00. The van der Waals surface area contributed by atoms with Crippen LogP contribution in [0.15, 0.2) is 0 Å². The number of hydrogen-bond donors (Lipinski definition) is 0. The molecule has 0 amide bonds. The molecule has 0 heterocycles. The molecule has 0 rings (SSSR count). The summed E-state index contributed by atoms with van der Waals surface area (Å²) in [7, 11) is -15.5. The molecule has 0 unspecified atom stereocenters. The van der Waals surface area contributed by atoms with Gasteiger partial charge in [-0.2, -0.15) is 0 Å². The SMILES string of the molecule is O=S(=O)([O-])[O-].O=S(=O)([O-])[O-].O=S(=O)([O-])[O-].[PbH4+3].[PbH4+3]. The molecule has 0 aliphatic carbocycles. The molecular weight excluding hydrogens is 703 g/mol. The average molecular weight is 711 g/mol. The minimum absolute atomic E-state index is 0. The van der Waals surface area contributed by atoms with E-state index in [4.69, 9.17) is 52.6 Å². The third kappa shape index (κ3) is 1970. The third-order valence-corrected chi connectivity index (χ3v) is 0. The summed E-state index contributed by atoms with van der Waals surface area (Å²) in [6, 6.07) is 0. The Morgan fingerprint density at radius 1 is 0.412 bits per heavy atom.